The zero-order valence-electron chi connectivity index (χ0n) is 12.0. The van der Waals surface area contributed by atoms with E-state index in [2.05, 4.69) is 31.1 Å². The van der Waals surface area contributed by atoms with E-state index in [-0.39, 0.29) is 0 Å². The molecule has 1 aromatic carbocycles. The summed E-state index contributed by atoms with van der Waals surface area (Å²) in [6.45, 7) is 4.74. The highest BCUT2D eigenvalue weighted by molar-refractivity contribution is 5.69. The lowest BCUT2D eigenvalue weighted by molar-refractivity contribution is 0.408. The van der Waals surface area contributed by atoms with Crippen LogP contribution in [0.4, 0.5) is 0 Å². The Hall–Kier alpha value is -1.81. The monoisotopic (exact) mass is 259 g/mol. The predicted molar refractivity (Wildman–Crippen MR) is 77.4 cm³/mol. The molecule has 102 valence electrons. The van der Waals surface area contributed by atoms with Crippen LogP contribution in [0.25, 0.3) is 11.1 Å². The van der Waals surface area contributed by atoms with Crippen LogP contribution < -0.4 is 10.5 Å². The summed E-state index contributed by atoms with van der Waals surface area (Å²) in [6, 6.07) is 4.28. The molecule has 0 saturated carbocycles. The Morgan fingerprint density at radius 3 is 2.42 bits per heavy atom. The molecule has 1 heterocycles. The summed E-state index contributed by atoms with van der Waals surface area (Å²) in [5.74, 6) is 0.952. The number of aryl methyl sites for hydroxylation is 3. The summed E-state index contributed by atoms with van der Waals surface area (Å²) < 4.78 is 7.25. The minimum absolute atomic E-state index is 0.609. The zero-order valence-corrected chi connectivity index (χ0v) is 12.0. The summed E-state index contributed by atoms with van der Waals surface area (Å²) in [5, 5.41) is 4.48. The van der Waals surface area contributed by atoms with Gasteiger partial charge >= 0.3 is 0 Å². The van der Waals surface area contributed by atoms with Gasteiger partial charge in [0.1, 0.15) is 5.75 Å². The van der Waals surface area contributed by atoms with Crippen molar-refractivity contribution in [2.75, 3.05) is 13.7 Å². The quantitative estimate of drug-likeness (QED) is 0.916. The highest BCUT2D eigenvalue weighted by atomic mass is 16.5. The molecule has 0 saturated heterocycles. The van der Waals surface area contributed by atoms with E-state index in [9.17, 15) is 0 Å². The second-order valence-electron chi connectivity index (χ2n) is 4.85. The first-order valence-corrected chi connectivity index (χ1v) is 6.45. The average Bonchev–Trinajstić information content (AvgIpc) is 2.70. The SMILES string of the molecule is COc1c(C)cc(-c2cn(C)nc2CCN)cc1C. The highest BCUT2D eigenvalue weighted by Crippen LogP contribution is 2.31. The van der Waals surface area contributed by atoms with Crippen LogP contribution in [0.2, 0.25) is 0 Å². The molecule has 0 unspecified atom stereocenters. The third-order valence-corrected chi connectivity index (χ3v) is 3.26. The van der Waals surface area contributed by atoms with Gasteiger partial charge in [-0.25, -0.2) is 0 Å². The molecule has 2 aromatic rings. The van der Waals surface area contributed by atoms with E-state index in [1.807, 2.05) is 17.9 Å². The van der Waals surface area contributed by atoms with Gasteiger partial charge in [-0.2, -0.15) is 5.10 Å². The maximum absolute atomic E-state index is 5.65. The minimum atomic E-state index is 0.609. The molecule has 0 aliphatic rings. The highest BCUT2D eigenvalue weighted by Gasteiger charge is 2.12. The second kappa shape index (κ2) is 5.45. The first-order chi connectivity index (χ1) is 9.06. The summed E-state index contributed by atoms with van der Waals surface area (Å²) in [4.78, 5) is 0. The van der Waals surface area contributed by atoms with Crippen molar-refractivity contribution in [1.82, 2.24) is 9.78 Å². The molecule has 2 rings (SSSR count). The van der Waals surface area contributed by atoms with Crippen molar-refractivity contribution in [1.29, 1.82) is 0 Å². The van der Waals surface area contributed by atoms with Gasteiger partial charge in [0, 0.05) is 25.2 Å². The van der Waals surface area contributed by atoms with Crippen LogP contribution in [0.3, 0.4) is 0 Å². The van der Waals surface area contributed by atoms with E-state index in [4.69, 9.17) is 10.5 Å². The maximum Gasteiger partial charge on any atom is 0.124 e. The predicted octanol–water partition coefficient (Wildman–Crippen LogP) is 2.21. The smallest absolute Gasteiger partial charge is 0.124 e. The van der Waals surface area contributed by atoms with Crippen molar-refractivity contribution in [3.05, 3.63) is 35.2 Å². The van der Waals surface area contributed by atoms with Crippen LogP contribution in [-0.2, 0) is 13.5 Å². The van der Waals surface area contributed by atoms with E-state index in [1.54, 1.807) is 7.11 Å². The molecule has 4 heteroatoms. The zero-order chi connectivity index (χ0) is 14.0. The molecule has 19 heavy (non-hydrogen) atoms. The standard InChI is InChI=1S/C15H21N3O/c1-10-7-12(8-11(2)15(10)19-4)13-9-18(3)17-14(13)5-6-16/h7-9H,5-6,16H2,1-4H3. The van der Waals surface area contributed by atoms with Gasteiger partial charge in [-0.15, -0.1) is 0 Å². The molecular weight excluding hydrogens is 238 g/mol. The second-order valence-corrected chi connectivity index (χ2v) is 4.85. The lowest BCUT2D eigenvalue weighted by Gasteiger charge is -2.11. The number of methoxy groups -OCH3 is 1. The molecule has 0 amide bonds. The van der Waals surface area contributed by atoms with Crippen LogP contribution in [0.15, 0.2) is 18.3 Å². The molecular formula is C15H21N3O. The van der Waals surface area contributed by atoms with Gasteiger partial charge in [0.25, 0.3) is 0 Å². The lowest BCUT2D eigenvalue weighted by atomic mass is 9.99. The molecule has 0 fully saturated rings. The number of nitrogens with zero attached hydrogens (tertiary/aromatic N) is 2. The topological polar surface area (TPSA) is 53.1 Å². The Bertz CT molecular complexity index is 564. The first-order valence-electron chi connectivity index (χ1n) is 6.45. The van der Waals surface area contributed by atoms with Crippen LogP contribution in [0.5, 0.6) is 5.75 Å². The number of benzene rings is 1. The van der Waals surface area contributed by atoms with Crippen LogP contribution in [-0.4, -0.2) is 23.4 Å². The molecule has 0 aliphatic carbocycles. The Balaban J connectivity index is 2.53. The molecule has 2 N–H and O–H groups in total. The number of hydrogen-bond acceptors (Lipinski definition) is 3. The van der Waals surface area contributed by atoms with E-state index < -0.39 is 0 Å². The third kappa shape index (κ3) is 2.63. The molecule has 4 nitrogen and oxygen atoms in total. The van der Waals surface area contributed by atoms with E-state index in [0.29, 0.717) is 6.54 Å². The fourth-order valence-corrected chi connectivity index (χ4v) is 2.52. The Morgan fingerprint density at radius 2 is 1.89 bits per heavy atom. The van der Waals surface area contributed by atoms with Gasteiger partial charge in [-0.05, 0) is 49.2 Å². The van der Waals surface area contributed by atoms with Gasteiger partial charge in [-0.1, -0.05) is 0 Å². The van der Waals surface area contributed by atoms with Crippen LogP contribution in [0, 0.1) is 13.8 Å². The van der Waals surface area contributed by atoms with Crippen LogP contribution in [0.1, 0.15) is 16.8 Å². The molecule has 0 spiro atoms. The number of nitrogens with two attached hydrogens (primary N) is 1. The summed E-state index contributed by atoms with van der Waals surface area (Å²) in [7, 11) is 3.64. The van der Waals surface area contributed by atoms with Gasteiger partial charge in [0.2, 0.25) is 0 Å². The number of aromatic nitrogens is 2. The van der Waals surface area contributed by atoms with Crippen LogP contribution >= 0.6 is 0 Å². The summed E-state index contributed by atoms with van der Waals surface area (Å²) >= 11 is 0. The molecule has 0 radical (unpaired) electrons. The van der Waals surface area contributed by atoms with Crippen molar-refractivity contribution in [2.24, 2.45) is 12.8 Å². The molecule has 0 atom stereocenters. The van der Waals surface area contributed by atoms with Crippen molar-refractivity contribution in [2.45, 2.75) is 20.3 Å². The summed E-state index contributed by atoms with van der Waals surface area (Å²) in [6.07, 6.45) is 2.84. The molecule has 0 aliphatic heterocycles. The van der Waals surface area contributed by atoms with Crippen molar-refractivity contribution >= 4 is 0 Å². The third-order valence-electron chi connectivity index (χ3n) is 3.26. The van der Waals surface area contributed by atoms with E-state index in [1.165, 1.54) is 5.56 Å². The maximum atomic E-state index is 5.65. The van der Waals surface area contributed by atoms with Crippen molar-refractivity contribution in [3.63, 3.8) is 0 Å². The lowest BCUT2D eigenvalue weighted by Crippen LogP contribution is -2.04. The Kier molecular flexibility index (Phi) is 3.90. The number of ether oxygens (including phenoxy) is 1. The van der Waals surface area contributed by atoms with E-state index in [0.717, 1.165) is 34.6 Å². The van der Waals surface area contributed by atoms with E-state index >= 15 is 0 Å². The van der Waals surface area contributed by atoms with Gasteiger partial charge in [-0.3, -0.25) is 4.68 Å². The molecule has 1 aromatic heterocycles. The van der Waals surface area contributed by atoms with Gasteiger partial charge in [0.15, 0.2) is 0 Å². The van der Waals surface area contributed by atoms with Gasteiger partial charge in [0.05, 0.1) is 12.8 Å². The number of hydrogen-bond donors (Lipinski definition) is 1. The normalized spacial score (nSPS) is 10.8. The largest absolute Gasteiger partial charge is 0.496 e. The summed E-state index contributed by atoms with van der Waals surface area (Å²) in [5.41, 5.74) is 11.3. The van der Waals surface area contributed by atoms with Crippen molar-refractivity contribution < 1.29 is 4.74 Å². The number of rotatable bonds is 4. The first kappa shape index (κ1) is 13.6. The van der Waals surface area contributed by atoms with Crippen molar-refractivity contribution in [3.8, 4) is 16.9 Å². The Morgan fingerprint density at radius 1 is 1.26 bits per heavy atom. The Labute approximate surface area is 114 Å². The van der Waals surface area contributed by atoms with Gasteiger partial charge < -0.3 is 10.5 Å². The molecule has 0 bridgehead atoms. The average molecular weight is 259 g/mol. The minimum Gasteiger partial charge on any atom is -0.496 e. The fraction of sp³-hybridized carbons (Fsp3) is 0.400. The fourth-order valence-electron chi connectivity index (χ4n) is 2.52.